The fraction of sp³-hybridized carbons (Fsp3) is 0.273. The molecule has 0 aliphatic rings. The van der Waals surface area contributed by atoms with Crippen LogP contribution in [0, 0.1) is 0 Å². The summed E-state index contributed by atoms with van der Waals surface area (Å²) in [6, 6.07) is 0. The lowest BCUT2D eigenvalue weighted by atomic mass is 10.4. The zero-order valence-electron chi connectivity index (χ0n) is 10.4. The molecule has 0 saturated carbocycles. The monoisotopic (exact) mass is 264 g/mol. The van der Waals surface area contributed by atoms with Crippen LogP contribution in [0.2, 0.25) is 0 Å². The molecule has 0 atom stereocenters. The lowest BCUT2D eigenvalue weighted by Gasteiger charge is -1.94. The minimum atomic E-state index is -0.533. The standard InChI is InChI=1S/C11H12N4O4/c1-15-9-8(10(17)14-11(15)18)12-6(13-9)4-3-5-7(16)19-2/h3-4H,5H2,1-2H3,(H,12,13)(H,14,17,18). The van der Waals surface area contributed by atoms with Crippen LogP contribution >= 0.6 is 0 Å². The summed E-state index contributed by atoms with van der Waals surface area (Å²) < 4.78 is 5.71. The maximum Gasteiger partial charge on any atom is 0.329 e. The predicted molar refractivity (Wildman–Crippen MR) is 67.6 cm³/mol. The number of ether oxygens (including phenoxy) is 1. The van der Waals surface area contributed by atoms with Crippen LogP contribution in [-0.4, -0.2) is 32.6 Å². The summed E-state index contributed by atoms with van der Waals surface area (Å²) in [7, 11) is 2.80. The van der Waals surface area contributed by atoms with Crippen LogP contribution in [0.1, 0.15) is 12.2 Å². The van der Waals surface area contributed by atoms with E-state index >= 15 is 0 Å². The molecule has 0 bridgehead atoms. The quantitative estimate of drug-likeness (QED) is 0.728. The van der Waals surface area contributed by atoms with E-state index in [4.69, 9.17) is 0 Å². The van der Waals surface area contributed by atoms with Gasteiger partial charge in [-0.1, -0.05) is 6.08 Å². The van der Waals surface area contributed by atoms with Crippen molar-refractivity contribution in [3.8, 4) is 0 Å². The van der Waals surface area contributed by atoms with Gasteiger partial charge in [0.2, 0.25) is 0 Å². The highest BCUT2D eigenvalue weighted by atomic mass is 16.5. The first-order valence-corrected chi connectivity index (χ1v) is 5.45. The summed E-state index contributed by atoms with van der Waals surface area (Å²) in [5.74, 6) is 0.00297. The summed E-state index contributed by atoms with van der Waals surface area (Å²) in [5.41, 5.74) is -0.599. The number of hydrogen-bond donors (Lipinski definition) is 2. The van der Waals surface area contributed by atoms with Crippen molar-refractivity contribution < 1.29 is 9.53 Å². The number of nitrogens with one attached hydrogen (secondary N) is 2. The molecule has 100 valence electrons. The molecule has 0 spiro atoms. The van der Waals surface area contributed by atoms with Gasteiger partial charge in [-0.05, 0) is 6.08 Å². The van der Waals surface area contributed by atoms with Crippen molar-refractivity contribution in [1.82, 2.24) is 19.5 Å². The van der Waals surface area contributed by atoms with E-state index in [-0.39, 0.29) is 23.6 Å². The Balaban J connectivity index is 2.40. The SMILES string of the molecule is COC(=O)CC=Cc1nc2c([nH]1)c(=O)[nH]c(=O)n2C. The fourth-order valence-corrected chi connectivity index (χ4v) is 1.55. The number of rotatable bonds is 3. The molecule has 0 fully saturated rings. The largest absolute Gasteiger partial charge is 0.469 e. The summed E-state index contributed by atoms with van der Waals surface area (Å²) in [6.07, 6.45) is 3.19. The molecule has 0 unspecified atom stereocenters. The van der Waals surface area contributed by atoms with Crippen molar-refractivity contribution in [3.63, 3.8) is 0 Å². The van der Waals surface area contributed by atoms with Crippen molar-refractivity contribution in [1.29, 1.82) is 0 Å². The third-order valence-corrected chi connectivity index (χ3v) is 2.56. The third-order valence-electron chi connectivity index (χ3n) is 2.56. The number of carbonyl (C=O) groups excluding carboxylic acids is 1. The Kier molecular flexibility index (Phi) is 3.32. The zero-order valence-corrected chi connectivity index (χ0v) is 10.4. The molecule has 0 aliphatic heterocycles. The molecule has 2 rings (SSSR count). The van der Waals surface area contributed by atoms with Gasteiger partial charge in [-0.2, -0.15) is 0 Å². The van der Waals surface area contributed by atoms with Crippen molar-refractivity contribution in [2.75, 3.05) is 7.11 Å². The highest BCUT2D eigenvalue weighted by molar-refractivity contribution is 5.74. The van der Waals surface area contributed by atoms with Crippen molar-refractivity contribution in [2.45, 2.75) is 6.42 Å². The van der Waals surface area contributed by atoms with Gasteiger partial charge in [-0.15, -0.1) is 0 Å². The van der Waals surface area contributed by atoms with Gasteiger partial charge in [0.1, 0.15) is 11.3 Å². The molecule has 0 saturated heterocycles. The van der Waals surface area contributed by atoms with E-state index in [0.29, 0.717) is 5.82 Å². The lowest BCUT2D eigenvalue weighted by molar-refractivity contribution is -0.139. The van der Waals surface area contributed by atoms with Crippen LogP contribution in [0.15, 0.2) is 15.7 Å². The molecule has 8 heteroatoms. The van der Waals surface area contributed by atoms with Gasteiger partial charge < -0.3 is 9.72 Å². The van der Waals surface area contributed by atoms with Crippen LogP contribution in [0.3, 0.4) is 0 Å². The number of H-pyrrole nitrogens is 2. The minimum absolute atomic E-state index is 0.100. The Morgan fingerprint density at radius 3 is 2.84 bits per heavy atom. The Morgan fingerprint density at radius 2 is 2.16 bits per heavy atom. The van der Waals surface area contributed by atoms with Gasteiger partial charge in [0.25, 0.3) is 5.56 Å². The van der Waals surface area contributed by atoms with Crippen molar-refractivity contribution in [3.05, 3.63) is 32.7 Å². The first-order valence-electron chi connectivity index (χ1n) is 5.45. The number of aryl methyl sites for hydroxylation is 1. The van der Waals surface area contributed by atoms with Crippen LogP contribution in [0.25, 0.3) is 17.2 Å². The molecular weight excluding hydrogens is 252 g/mol. The van der Waals surface area contributed by atoms with E-state index in [1.165, 1.54) is 18.7 Å². The predicted octanol–water partition coefficient (Wildman–Crippen LogP) is -0.474. The van der Waals surface area contributed by atoms with Gasteiger partial charge in [0, 0.05) is 7.05 Å². The molecule has 0 amide bonds. The van der Waals surface area contributed by atoms with E-state index < -0.39 is 11.2 Å². The van der Waals surface area contributed by atoms with Crippen molar-refractivity contribution >= 4 is 23.2 Å². The number of nitrogens with zero attached hydrogens (tertiary/aromatic N) is 2. The van der Waals surface area contributed by atoms with Crippen molar-refractivity contribution in [2.24, 2.45) is 7.05 Å². The first-order chi connectivity index (χ1) is 9.02. The van der Waals surface area contributed by atoms with Gasteiger partial charge in [0.15, 0.2) is 5.65 Å². The molecule has 0 aromatic carbocycles. The van der Waals surface area contributed by atoms with Crippen LogP contribution in [0.5, 0.6) is 0 Å². The molecule has 8 nitrogen and oxygen atoms in total. The smallest absolute Gasteiger partial charge is 0.329 e. The second-order valence-electron chi connectivity index (χ2n) is 3.82. The Labute approximate surface area is 106 Å². The number of aromatic nitrogens is 4. The molecule has 2 heterocycles. The molecule has 2 aromatic heterocycles. The van der Waals surface area contributed by atoms with Gasteiger partial charge in [-0.3, -0.25) is 19.1 Å². The van der Waals surface area contributed by atoms with E-state index in [1.54, 1.807) is 12.2 Å². The normalized spacial score (nSPS) is 11.3. The molecule has 19 heavy (non-hydrogen) atoms. The number of fused-ring (bicyclic) bond motifs is 1. The molecule has 0 radical (unpaired) electrons. The van der Waals surface area contributed by atoms with E-state index in [0.717, 1.165) is 0 Å². The van der Waals surface area contributed by atoms with E-state index in [1.807, 2.05) is 0 Å². The maximum absolute atomic E-state index is 11.6. The Hall–Kier alpha value is -2.64. The lowest BCUT2D eigenvalue weighted by Crippen LogP contribution is -2.28. The summed E-state index contributed by atoms with van der Waals surface area (Å²) >= 11 is 0. The minimum Gasteiger partial charge on any atom is -0.469 e. The number of hydrogen-bond acceptors (Lipinski definition) is 5. The summed E-state index contributed by atoms with van der Waals surface area (Å²) in [5, 5.41) is 0. The number of carbonyl (C=O) groups is 1. The van der Waals surface area contributed by atoms with Gasteiger partial charge in [0.05, 0.1) is 13.5 Å². The third kappa shape index (κ3) is 2.46. The Morgan fingerprint density at radius 1 is 1.42 bits per heavy atom. The molecule has 0 aliphatic carbocycles. The number of aromatic amines is 2. The summed E-state index contributed by atoms with van der Waals surface area (Å²) in [4.78, 5) is 42.9. The Bertz CT molecular complexity index is 765. The van der Waals surface area contributed by atoms with E-state index in [2.05, 4.69) is 19.7 Å². The van der Waals surface area contributed by atoms with Crippen LogP contribution < -0.4 is 11.2 Å². The van der Waals surface area contributed by atoms with Crippen LogP contribution in [-0.2, 0) is 16.6 Å². The van der Waals surface area contributed by atoms with E-state index in [9.17, 15) is 14.4 Å². The first kappa shape index (κ1) is 12.8. The zero-order chi connectivity index (χ0) is 14.0. The average molecular weight is 264 g/mol. The maximum atomic E-state index is 11.6. The highest BCUT2D eigenvalue weighted by Crippen LogP contribution is 2.05. The average Bonchev–Trinajstić information content (AvgIpc) is 2.80. The highest BCUT2D eigenvalue weighted by Gasteiger charge is 2.09. The van der Waals surface area contributed by atoms with Gasteiger partial charge >= 0.3 is 11.7 Å². The van der Waals surface area contributed by atoms with Crippen LogP contribution in [0.4, 0.5) is 0 Å². The number of imidazole rings is 1. The number of esters is 1. The fourth-order valence-electron chi connectivity index (χ4n) is 1.55. The summed E-state index contributed by atoms with van der Waals surface area (Å²) in [6.45, 7) is 0. The molecule has 2 aromatic rings. The second kappa shape index (κ2) is 4.92. The second-order valence-corrected chi connectivity index (χ2v) is 3.82. The molecule has 2 N–H and O–H groups in total. The number of methoxy groups -OCH3 is 1. The topological polar surface area (TPSA) is 110 Å². The van der Waals surface area contributed by atoms with Gasteiger partial charge in [-0.25, -0.2) is 9.78 Å². The molecular formula is C11H12N4O4.